The molecule has 1 amide bonds. The summed E-state index contributed by atoms with van der Waals surface area (Å²) in [6.45, 7) is 1.88. The Morgan fingerprint density at radius 1 is 1.40 bits per heavy atom. The highest BCUT2D eigenvalue weighted by Crippen LogP contribution is 2.17. The van der Waals surface area contributed by atoms with Crippen molar-refractivity contribution in [2.75, 3.05) is 26.2 Å². The Kier molecular flexibility index (Phi) is 5.06. The first-order chi connectivity index (χ1) is 9.65. The van der Waals surface area contributed by atoms with Gasteiger partial charge in [-0.05, 0) is 25.1 Å². The van der Waals surface area contributed by atoms with Gasteiger partial charge >= 0.3 is 0 Å². The Morgan fingerprint density at radius 2 is 2.25 bits per heavy atom. The molecule has 0 radical (unpaired) electrons. The molecule has 108 valence electrons. The van der Waals surface area contributed by atoms with Gasteiger partial charge in [0.05, 0.1) is 0 Å². The van der Waals surface area contributed by atoms with Gasteiger partial charge in [0, 0.05) is 19.2 Å². The number of benzene rings is 1. The minimum atomic E-state index is -0.820. The SMILES string of the molecule is O=C(COc1ccc(F)cc1F)NCC1=CCNCC1. The number of carbonyl (C=O) groups is 1. The zero-order chi connectivity index (χ0) is 14.4. The van der Waals surface area contributed by atoms with Crippen LogP contribution in [0.1, 0.15) is 6.42 Å². The van der Waals surface area contributed by atoms with Crippen molar-refractivity contribution in [2.45, 2.75) is 6.42 Å². The number of halogens is 2. The minimum absolute atomic E-state index is 0.136. The lowest BCUT2D eigenvalue weighted by Gasteiger charge is -2.14. The summed E-state index contributed by atoms with van der Waals surface area (Å²) in [6, 6.07) is 2.95. The summed E-state index contributed by atoms with van der Waals surface area (Å²) >= 11 is 0. The monoisotopic (exact) mass is 282 g/mol. The van der Waals surface area contributed by atoms with Crippen LogP contribution >= 0.6 is 0 Å². The number of carbonyl (C=O) groups excluding carboxylic acids is 1. The third-order valence-electron chi connectivity index (χ3n) is 2.92. The molecule has 20 heavy (non-hydrogen) atoms. The Morgan fingerprint density at radius 3 is 2.95 bits per heavy atom. The normalized spacial score (nSPS) is 14.6. The highest BCUT2D eigenvalue weighted by molar-refractivity contribution is 5.77. The molecular formula is C14H16F2N2O2. The van der Waals surface area contributed by atoms with Crippen molar-refractivity contribution in [2.24, 2.45) is 0 Å². The van der Waals surface area contributed by atoms with E-state index in [-0.39, 0.29) is 18.3 Å². The molecule has 6 heteroatoms. The first-order valence-corrected chi connectivity index (χ1v) is 6.38. The van der Waals surface area contributed by atoms with E-state index in [1.807, 2.05) is 6.08 Å². The van der Waals surface area contributed by atoms with Crippen molar-refractivity contribution in [1.82, 2.24) is 10.6 Å². The fourth-order valence-electron chi connectivity index (χ4n) is 1.83. The van der Waals surface area contributed by atoms with Crippen LogP contribution in [0.5, 0.6) is 5.75 Å². The quantitative estimate of drug-likeness (QED) is 0.802. The molecule has 0 saturated heterocycles. The maximum atomic E-state index is 13.3. The molecule has 0 spiro atoms. The van der Waals surface area contributed by atoms with Gasteiger partial charge in [-0.3, -0.25) is 4.79 Å². The number of hydrogen-bond donors (Lipinski definition) is 2. The van der Waals surface area contributed by atoms with Gasteiger partial charge in [0.1, 0.15) is 5.82 Å². The molecule has 0 saturated carbocycles. The van der Waals surface area contributed by atoms with Crippen LogP contribution in [0, 0.1) is 11.6 Å². The molecule has 1 aliphatic rings. The van der Waals surface area contributed by atoms with Gasteiger partial charge in [0.25, 0.3) is 5.91 Å². The second-order valence-electron chi connectivity index (χ2n) is 4.46. The smallest absolute Gasteiger partial charge is 0.258 e. The molecule has 0 aliphatic carbocycles. The number of nitrogens with one attached hydrogen (secondary N) is 2. The number of hydrogen-bond acceptors (Lipinski definition) is 3. The zero-order valence-electron chi connectivity index (χ0n) is 10.9. The fourth-order valence-corrected chi connectivity index (χ4v) is 1.83. The van der Waals surface area contributed by atoms with Crippen molar-refractivity contribution in [1.29, 1.82) is 0 Å². The second-order valence-corrected chi connectivity index (χ2v) is 4.46. The first-order valence-electron chi connectivity index (χ1n) is 6.38. The fraction of sp³-hybridized carbons (Fsp3) is 0.357. The lowest BCUT2D eigenvalue weighted by atomic mass is 10.1. The maximum absolute atomic E-state index is 13.3. The predicted molar refractivity (Wildman–Crippen MR) is 70.4 cm³/mol. The molecule has 0 aromatic heterocycles. The van der Waals surface area contributed by atoms with Crippen LogP contribution in [0.4, 0.5) is 8.78 Å². The molecule has 0 atom stereocenters. The Labute approximate surface area is 115 Å². The van der Waals surface area contributed by atoms with Gasteiger partial charge < -0.3 is 15.4 Å². The second kappa shape index (κ2) is 7.00. The summed E-state index contributed by atoms with van der Waals surface area (Å²) in [5.41, 5.74) is 1.16. The van der Waals surface area contributed by atoms with Crippen molar-refractivity contribution in [3.8, 4) is 5.75 Å². The van der Waals surface area contributed by atoms with Crippen molar-refractivity contribution >= 4 is 5.91 Å². The third-order valence-corrected chi connectivity index (χ3v) is 2.92. The lowest BCUT2D eigenvalue weighted by Crippen LogP contribution is -2.32. The van der Waals surface area contributed by atoms with Gasteiger partial charge in [0.15, 0.2) is 18.2 Å². The van der Waals surface area contributed by atoms with E-state index < -0.39 is 11.6 Å². The molecule has 1 aromatic rings. The largest absolute Gasteiger partial charge is 0.481 e. The van der Waals surface area contributed by atoms with Gasteiger partial charge in [-0.1, -0.05) is 11.6 Å². The van der Waals surface area contributed by atoms with Crippen molar-refractivity contribution in [3.63, 3.8) is 0 Å². The Bertz CT molecular complexity index is 518. The number of ether oxygens (including phenoxy) is 1. The van der Waals surface area contributed by atoms with Crippen LogP contribution in [-0.2, 0) is 4.79 Å². The predicted octanol–water partition coefficient (Wildman–Crippen LogP) is 1.38. The first kappa shape index (κ1) is 14.5. The van der Waals surface area contributed by atoms with E-state index in [4.69, 9.17) is 4.74 Å². The Hall–Kier alpha value is -1.95. The molecule has 0 bridgehead atoms. The standard InChI is InChI=1S/C14H16F2N2O2/c15-11-1-2-13(12(16)7-11)20-9-14(19)18-8-10-3-5-17-6-4-10/h1-3,7,17H,4-6,8-9H2,(H,18,19). The van der Waals surface area contributed by atoms with Gasteiger partial charge in [-0.25, -0.2) is 8.78 Å². The average Bonchev–Trinajstić information content (AvgIpc) is 2.45. The van der Waals surface area contributed by atoms with E-state index in [9.17, 15) is 13.6 Å². The van der Waals surface area contributed by atoms with E-state index in [0.29, 0.717) is 12.6 Å². The highest BCUT2D eigenvalue weighted by Gasteiger charge is 2.09. The molecule has 1 aliphatic heterocycles. The molecule has 4 nitrogen and oxygen atoms in total. The zero-order valence-corrected chi connectivity index (χ0v) is 10.9. The summed E-state index contributed by atoms with van der Waals surface area (Å²) in [4.78, 5) is 11.6. The van der Waals surface area contributed by atoms with E-state index in [1.165, 1.54) is 0 Å². The molecule has 1 heterocycles. The summed E-state index contributed by atoms with van der Waals surface area (Å²) < 4.78 is 31.0. The van der Waals surface area contributed by atoms with E-state index in [0.717, 1.165) is 37.2 Å². The highest BCUT2D eigenvalue weighted by atomic mass is 19.1. The number of rotatable bonds is 5. The number of amides is 1. The van der Waals surface area contributed by atoms with Gasteiger partial charge in [-0.2, -0.15) is 0 Å². The third kappa shape index (κ3) is 4.31. The minimum Gasteiger partial charge on any atom is -0.481 e. The van der Waals surface area contributed by atoms with Crippen LogP contribution in [-0.4, -0.2) is 32.1 Å². The van der Waals surface area contributed by atoms with Crippen LogP contribution in [0.2, 0.25) is 0 Å². The van der Waals surface area contributed by atoms with E-state index in [2.05, 4.69) is 10.6 Å². The summed E-state index contributed by atoms with van der Waals surface area (Å²) in [6.07, 6.45) is 2.93. The van der Waals surface area contributed by atoms with E-state index in [1.54, 1.807) is 0 Å². The van der Waals surface area contributed by atoms with Crippen LogP contribution in [0.25, 0.3) is 0 Å². The van der Waals surface area contributed by atoms with Crippen molar-refractivity contribution < 1.29 is 18.3 Å². The van der Waals surface area contributed by atoms with Crippen molar-refractivity contribution in [3.05, 3.63) is 41.5 Å². The molecule has 2 rings (SSSR count). The molecule has 2 N–H and O–H groups in total. The van der Waals surface area contributed by atoms with Crippen LogP contribution in [0.3, 0.4) is 0 Å². The lowest BCUT2D eigenvalue weighted by molar-refractivity contribution is -0.122. The molecule has 0 fully saturated rings. The summed E-state index contributed by atoms with van der Waals surface area (Å²) in [5.74, 6) is -1.98. The average molecular weight is 282 g/mol. The van der Waals surface area contributed by atoms with Crippen LogP contribution in [0.15, 0.2) is 29.8 Å². The van der Waals surface area contributed by atoms with Crippen LogP contribution < -0.4 is 15.4 Å². The topological polar surface area (TPSA) is 50.4 Å². The van der Waals surface area contributed by atoms with Gasteiger partial charge in [0.2, 0.25) is 0 Å². The molecule has 1 aromatic carbocycles. The molecule has 0 unspecified atom stereocenters. The summed E-state index contributed by atoms with van der Waals surface area (Å²) in [5, 5.41) is 5.87. The summed E-state index contributed by atoms with van der Waals surface area (Å²) in [7, 11) is 0. The maximum Gasteiger partial charge on any atom is 0.258 e. The van der Waals surface area contributed by atoms with E-state index >= 15 is 0 Å². The van der Waals surface area contributed by atoms with Gasteiger partial charge in [-0.15, -0.1) is 0 Å². The molecular weight excluding hydrogens is 266 g/mol. The Balaban J connectivity index is 1.75.